The van der Waals surface area contributed by atoms with Gasteiger partial charge in [0.15, 0.2) is 0 Å². The Morgan fingerprint density at radius 1 is 1.27 bits per heavy atom. The average molecular weight is 453 g/mol. The zero-order chi connectivity index (χ0) is 23.4. The number of aromatic nitrogens is 1. The molecule has 0 aliphatic carbocycles. The summed E-state index contributed by atoms with van der Waals surface area (Å²) in [5.41, 5.74) is 2.53. The van der Waals surface area contributed by atoms with Gasteiger partial charge in [0, 0.05) is 50.5 Å². The van der Waals surface area contributed by atoms with Gasteiger partial charge in [0.2, 0.25) is 0 Å². The van der Waals surface area contributed by atoms with Gasteiger partial charge in [0.1, 0.15) is 5.75 Å². The number of ether oxygens (including phenoxy) is 3. The van der Waals surface area contributed by atoms with Gasteiger partial charge in [-0.05, 0) is 75.9 Å². The van der Waals surface area contributed by atoms with Crippen LogP contribution in [0.5, 0.6) is 5.75 Å². The maximum atomic E-state index is 13.2. The lowest BCUT2D eigenvalue weighted by atomic mass is 9.80. The Morgan fingerprint density at radius 2 is 2.06 bits per heavy atom. The number of nitrogens with zero attached hydrogens (tertiary/aromatic N) is 2. The number of benzene rings is 1. The third kappa shape index (κ3) is 5.56. The van der Waals surface area contributed by atoms with E-state index < -0.39 is 0 Å². The minimum absolute atomic E-state index is 0.0256. The monoisotopic (exact) mass is 452 g/mol. The van der Waals surface area contributed by atoms with E-state index in [9.17, 15) is 4.79 Å². The van der Waals surface area contributed by atoms with Crippen LogP contribution in [0.25, 0.3) is 0 Å². The first kappa shape index (κ1) is 23.7. The molecule has 0 N–H and O–H groups in total. The zero-order valence-electron chi connectivity index (χ0n) is 20.3. The van der Waals surface area contributed by atoms with Crippen LogP contribution >= 0.6 is 0 Å². The van der Waals surface area contributed by atoms with Crippen LogP contribution < -0.4 is 4.74 Å². The summed E-state index contributed by atoms with van der Waals surface area (Å²) >= 11 is 0. The molecule has 1 spiro atoms. The molecule has 2 aromatic rings. The Hall–Kier alpha value is -2.44. The van der Waals surface area contributed by atoms with Crippen molar-refractivity contribution in [2.24, 2.45) is 0 Å². The summed E-state index contributed by atoms with van der Waals surface area (Å²) in [6.45, 7) is 10.1. The van der Waals surface area contributed by atoms with E-state index in [2.05, 4.69) is 11.1 Å². The third-order valence-corrected chi connectivity index (χ3v) is 6.67. The van der Waals surface area contributed by atoms with Gasteiger partial charge in [-0.25, -0.2) is 0 Å². The van der Waals surface area contributed by atoms with Crippen molar-refractivity contribution in [3.8, 4) is 5.75 Å². The molecule has 2 atom stereocenters. The minimum atomic E-state index is -0.264. The molecule has 3 heterocycles. The van der Waals surface area contributed by atoms with Gasteiger partial charge >= 0.3 is 0 Å². The molecule has 6 nitrogen and oxygen atoms in total. The molecule has 33 heavy (non-hydrogen) atoms. The van der Waals surface area contributed by atoms with Crippen molar-refractivity contribution in [3.63, 3.8) is 0 Å². The Bertz CT molecular complexity index is 938. The second kappa shape index (κ2) is 10.2. The van der Waals surface area contributed by atoms with E-state index in [1.54, 1.807) is 6.20 Å². The summed E-state index contributed by atoms with van der Waals surface area (Å²) in [5, 5.41) is 0. The Kier molecular flexibility index (Phi) is 7.35. The van der Waals surface area contributed by atoms with E-state index in [0.29, 0.717) is 25.3 Å². The van der Waals surface area contributed by atoms with Crippen LogP contribution in [0, 0.1) is 6.92 Å². The molecular formula is C27H36N2O4. The SMILES string of the molecule is CCO[C@@H]1C[C@H](c2cccnc2)OC2(CCN(C(=O)c3ccc(OC(C)C)c(C)c3)CC2)C1. The molecule has 2 saturated heterocycles. The first-order valence-corrected chi connectivity index (χ1v) is 12.1. The fraction of sp³-hybridized carbons (Fsp3) is 0.556. The molecule has 178 valence electrons. The smallest absolute Gasteiger partial charge is 0.253 e. The minimum Gasteiger partial charge on any atom is -0.491 e. The fourth-order valence-corrected chi connectivity index (χ4v) is 5.06. The standard InChI is InChI=1S/C27H36N2O4/c1-5-31-23-16-25(22-7-6-12-28-18-22)33-27(17-23)10-13-29(14-11-27)26(30)21-8-9-24(20(4)15-21)32-19(2)3/h6-9,12,15,18-19,23,25H,5,10-11,13-14,16-17H2,1-4H3/t23-,25-/m1/s1. The van der Waals surface area contributed by atoms with E-state index in [1.165, 1.54) is 0 Å². The highest BCUT2D eigenvalue weighted by atomic mass is 16.5. The number of hydrogen-bond donors (Lipinski definition) is 0. The van der Waals surface area contributed by atoms with Crippen molar-refractivity contribution in [1.29, 1.82) is 0 Å². The topological polar surface area (TPSA) is 60.9 Å². The molecular weight excluding hydrogens is 416 g/mol. The van der Waals surface area contributed by atoms with Gasteiger partial charge in [-0.2, -0.15) is 0 Å². The lowest BCUT2D eigenvalue weighted by molar-refractivity contribution is -0.190. The van der Waals surface area contributed by atoms with Crippen LogP contribution in [0.3, 0.4) is 0 Å². The van der Waals surface area contributed by atoms with E-state index in [0.717, 1.165) is 42.6 Å². The van der Waals surface area contributed by atoms with Gasteiger partial charge < -0.3 is 19.1 Å². The van der Waals surface area contributed by atoms with Crippen LogP contribution in [0.1, 0.15) is 74.0 Å². The third-order valence-electron chi connectivity index (χ3n) is 6.67. The summed E-state index contributed by atoms with van der Waals surface area (Å²) in [6, 6.07) is 9.75. The van der Waals surface area contributed by atoms with Crippen LogP contribution in [-0.2, 0) is 9.47 Å². The largest absolute Gasteiger partial charge is 0.491 e. The number of hydrogen-bond acceptors (Lipinski definition) is 5. The van der Waals surface area contributed by atoms with Crippen molar-refractivity contribution >= 4 is 5.91 Å². The van der Waals surface area contributed by atoms with Crippen molar-refractivity contribution in [3.05, 3.63) is 59.4 Å². The first-order chi connectivity index (χ1) is 15.9. The lowest BCUT2D eigenvalue weighted by Crippen LogP contribution is -2.52. The predicted octanol–water partition coefficient (Wildman–Crippen LogP) is 5.11. The first-order valence-electron chi connectivity index (χ1n) is 12.1. The molecule has 0 bridgehead atoms. The summed E-state index contributed by atoms with van der Waals surface area (Å²) in [4.78, 5) is 19.5. The Morgan fingerprint density at radius 3 is 2.70 bits per heavy atom. The molecule has 2 fully saturated rings. The van der Waals surface area contributed by atoms with Gasteiger partial charge in [0.25, 0.3) is 5.91 Å². The summed E-state index contributed by atoms with van der Waals surface area (Å²) in [7, 11) is 0. The normalized spacial score (nSPS) is 22.5. The number of carbonyl (C=O) groups is 1. The van der Waals surface area contributed by atoms with Crippen LogP contribution in [-0.4, -0.2) is 53.3 Å². The highest BCUT2D eigenvalue weighted by Crippen LogP contribution is 2.44. The second-order valence-electron chi connectivity index (χ2n) is 9.53. The summed E-state index contributed by atoms with van der Waals surface area (Å²) in [5.74, 6) is 0.906. The van der Waals surface area contributed by atoms with Crippen molar-refractivity contribution < 1.29 is 19.0 Å². The predicted molar refractivity (Wildman–Crippen MR) is 128 cm³/mol. The highest BCUT2D eigenvalue weighted by molar-refractivity contribution is 5.94. The van der Waals surface area contributed by atoms with E-state index in [1.807, 2.05) is 63.1 Å². The van der Waals surface area contributed by atoms with Crippen LogP contribution in [0.4, 0.5) is 0 Å². The Balaban J connectivity index is 1.44. The fourth-order valence-electron chi connectivity index (χ4n) is 5.06. The molecule has 0 saturated carbocycles. The summed E-state index contributed by atoms with van der Waals surface area (Å²) < 4.78 is 18.6. The van der Waals surface area contributed by atoms with Gasteiger partial charge in [0.05, 0.1) is 23.9 Å². The molecule has 1 aromatic carbocycles. The van der Waals surface area contributed by atoms with Crippen molar-refractivity contribution in [2.75, 3.05) is 19.7 Å². The number of rotatable bonds is 6. The van der Waals surface area contributed by atoms with Crippen molar-refractivity contribution in [2.45, 2.75) is 77.3 Å². The maximum Gasteiger partial charge on any atom is 0.253 e. The molecule has 1 aromatic heterocycles. The van der Waals surface area contributed by atoms with Crippen molar-refractivity contribution in [1.82, 2.24) is 9.88 Å². The van der Waals surface area contributed by atoms with Gasteiger partial charge in [-0.3, -0.25) is 9.78 Å². The van der Waals surface area contributed by atoms with E-state index >= 15 is 0 Å². The summed E-state index contributed by atoms with van der Waals surface area (Å²) in [6.07, 6.45) is 7.26. The molecule has 2 aliphatic rings. The number of carbonyl (C=O) groups excluding carboxylic acids is 1. The number of likely N-dealkylation sites (tertiary alicyclic amines) is 1. The number of aryl methyl sites for hydroxylation is 1. The second-order valence-corrected chi connectivity index (χ2v) is 9.53. The molecule has 0 radical (unpaired) electrons. The number of pyridine rings is 1. The van der Waals surface area contributed by atoms with E-state index in [-0.39, 0.29) is 29.8 Å². The van der Waals surface area contributed by atoms with Gasteiger partial charge in [-0.1, -0.05) is 6.07 Å². The molecule has 4 rings (SSSR count). The molecule has 0 unspecified atom stereocenters. The molecule has 6 heteroatoms. The lowest BCUT2D eigenvalue weighted by Gasteiger charge is -2.48. The molecule has 1 amide bonds. The highest BCUT2D eigenvalue weighted by Gasteiger charge is 2.45. The van der Waals surface area contributed by atoms with E-state index in [4.69, 9.17) is 14.2 Å². The average Bonchev–Trinajstić information content (AvgIpc) is 2.81. The molecule has 2 aliphatic heterocycles. The number of amides is 1. The maximum absolute atomic E-state index is 13.2. The quantitative estimate of drug-likeness (QED) is 0.610. The number of piperidine rings is 1. The van der Waals surface area contributed by atoms with Crippen LogP contribution in [0.2, 0.25) is 0 Å². The Labute approximate surface area is 197 Å². The van der Waals surface area contributed by atoms with Gasteiger partial charge in [-0.15, -0.1) is 0 Å². The zero-order valence-corrected chi connectivity index (χ0v) is 20.3. The van der Waals surface area contributed by atoms with Crippen LogP contribution in [0.15, 0.2) is 42.7 Å².